The summed E-state index contributed by atoms with van der Waals surface area (Å²) >= 11 is 5.53. The van der Waals surface area contributed by atoms with Gasteiger partial charge in [-0.25, -0.2) is 5.01 Å². The molecule has 1 aliphatic heterocycles. The zero-order chi connectivity index (χ0) is 13.4. The lowest BCUT2D eigenvalue weighted by Gasteiger charge is -2.40. The predicted octanol–water partition coefficient (Wildman–Crippen LogP) is 2.82. The molecule has 4 heteroatoms. The van der Waals surface area contributed by atoms with Crippen LogP contribution in [0, 0.1) is 11.8 Å². The van der Waals surface area contributed by atoms with Crippen molar-refractivity contribution in [1.82, 2.24) is 15.8 Å². The third kappa shape index (κ3) is 2.89. The minimum Gasteiger partial charge on any atom is -0.359 e. The van der Waals surface area contributed by atoms with Crippen molar-refractivity contribution < 1.29 is 0 Å². The highest BCUT2D eigenvalue weighted by Crippen LogP contribution is 2.44. The van der Waals surface area contributed by atoms with Crippen LogP contribution in [0.2, 0.25) is 0 Å². The van der Waals surface area contributed by atoms with Crippen molar-refractivity contribution in [2.24, 2.45) is 11.8 Å². The highest BCUT2D eigenvalue weighted by Gasteiger charge is 2.39. The van der Waals surface area contributed by atoms with E-state index in [0.717, 1.165) is 16.9 Å². The third-order valence-electron chi connectivity index (χ3n) is 5.48. The Balaban J connectivity index is 1.50. The van der Waals surface area contributed by atoms with Gasteiger partial charge < -0.3 is 5.32 Å². The first-order valence-corrected chi connectivity index (χ1v) is 8.40. The molecule has 2 bridgehead atoms. The second kappa shape index (κ2) is 5.57. The van der Waals surface area contributed by atoms with Gasteiger partial charge in [0.05, 0.1) is 0 Å². The van der Waals surface area contributed by atoms with Crippen LogP contribution in [0.15, 0.2) is 0 Å². The zero-order valence-electron chi connectivity index (χ0n) is 12.2. The topological polar surface area (TPSA) is 27.3 Å². The van der Waals surface area contributed by atoms with Crippen molar-refractivity contribution in [3.8, 4) is 0 Å². The Morgan fingerprint density at radius 1 is 1.05 bits per heavy atom. The minimum absolute atomic E-state index is 0.587. The summed E-state index contributed by atoms with van der Waals surface area (Å²) in [6.07, 6.45) is 9.49. The number of nitrogens with one attached hydrogen (secondary N) is 2. The van der Waals surface area contributed by atoms with Gasteiger partial charge in [0, 0.05) is 18.1 Å². The minimum atomic E-state index is 0.587. The van der Waals surface area contributed by atoms with Crippen molar-refractivity contribution in [2.75, 3.05) is 0 Å². The largest absolute Gasteiger partial charge is 0.359 e. The number of hydrogen-bond donors (Lipinski definition) is 2. The molecule has 0 spiro atoms. The molecule has 3 aliphatic rings. The van der Waals surface area contributed by atoms with Gasteiger partial charge in [0.25, 0.3) is 0 Å². The lowest BCUT2D eigenvalue weighted by molar-refractivity contribution is 0.0731. The van der Waals surface area contributed by atoms with Crippen molar-refractivity contribution in [2.45, 2.75) is 76.9 Å². The van der Waals surface area contributed by atoms with E-state index < -0.39 is 0 Å². The predicted molar refractivity (Wildman–Crippen MR) is 82.7 cm³/mol. The maximum absolute atomic E-state index is 5.53. The third-order valence-corrected chi connectivity index (χ3v) is 5.69. The molecule has 2 aliphatic carbocycles. The van der Waals surface area contributed by atoms with Gasteiger partial charge in [-0.05, 0) is 70.0 Å². The average Bonchev–Trinajstić information content (AvgIpc) is 2.96. The van der Waals surface area contributed by atoms with Crippen LogP contribution < -0.4 is 10.7 Å². The molecule has 0 aromatic heterocycles. The lowest BCUT2D eigenvalue weighted by Crippen LogP contribution is -2.58. The van der Waals surface area contributed by atoms with Gasteiger partial charge in [-0.3, -0.25) is 5.43 Å². The number of piperidine rings is 1. The molecule has 2 N–H and O–H groups in total. The van der Waals surface area contributed by atoms with Crippen molar-refractivity contribution in [3.05, 3.63) is 0 Å². The van der Waals surface area contributed by atoms with E-state index in [4.69, 9.17) is 12.2 Å². The van der Waals surface area contributed by atoms with Gasteiger partial charge in [0.15, 0.2) is 5.11 Å². The number of fused-ring (bicyclic) bond motifs is 2. The van der Waals surface area contributed by atoms with Crippen LogP contribution in [0.25, 0.3) is 0 Å². The monoisotopic (exact) mass is 281 g/mol. The first-order chi connectivity index (χ1) is 9.13. The molecule has 0 amide bonds. The Morgan fingerprint density at radius 2 is 1.79 bits per heavy atom. The van der Waals surface area contributed by atoms with Crippen LogP contribution in [-0.2, 0) is 0 Å². The maximum atomic E-state index is 5.53. The van der Waals surface area contributed by atoms with Crippen molar-refractivity contribution in [1.29, 1.82) is 0 Å². The Bertz CT molecular complexity index is 336. The summed E-state index contributed by atoms with van der Waals surface area (Å²) in [6.45, 7) is 4.59. The standard InChI is InChI=1S/C15H27N3S/c1-10-4-3-5-11(2)18(10)17-15(19)16-14-9-12-6-7-13(14)8-12/h10-14H,3-9H2,1-2H3,(H2,16,17,19). The van der Waals surface area contributed by atoms with Gasteiger partial charge in [0.1, 0.15) is 0 Å². The van der Waals surface area contributed by atoms with Gasteiger partial charge in [0.2, 0.25) is 0 Å². The number of hydrazine groups is 1. The van der Waals surface area contributed by atoms with Gasteiger partial charge in [-0.15, -0.1) is 0 Å². The molecule has 108 valence electrons. The van der Waals surface area contributed by atoms with E-state index in [-0.39, 0.29) is 0 Å². The highest BCUT2D eigenvalue weighted by atomic mass is 32.1. The fraction of sp³-hybridized carbons (Fsp3) is 0.933. The number of nitrogens with zero attached hydrogens (tertiary/aromatic N) is 1. The van der Waals surface area contributed by atoms with Gasteiger partial charge >= 0.3 is 0 Å². The van der Waals surface area contributed by atoms with Crippen LogP contribution in [0.4, 0.5) is 0 Å². The Labute approximate surface area is 122 Å². The Hall–Kier alpha value is -0.350. The molecule has 3 rings (SSSR count). The fourth-order valence-corrected chi connectivity index (χ4v) is 4.64. The average molecular weight is 281 g/mol. The zero-order valence-corrected chi connectivity index (χ0v) is 13.0. The molecule has 2 saturated carbocycles. The van der Waals surface area contributed by atoms with Crippen LogP contribution in [-0.4, -0.2) is 28.2 Å². The van der Waals surface area contributed by atoms with Crippen molar-refractivity contribution in [3.63, 3.8) is 0 Å². The summed E-state index contributed by atoms with van der Waals surface area (Å²) in [5, 5.41) is 6.78. The molecule has 0 aromatic carbocycles. The molecule has 3 nitrogen and oxygen atoms in total. The summed E-state index contributed by atoms with van der Waals surface area (Å²) in [7, 11) is 0. The summed E-state index contributed by atoms with van der Waals surface area (Å²) in [5.41, 5.74) is 3.46. The van der Waals surface area contributed by atoms with Gasteiger partial charge in [-0.2, -0.15) is 0 Å². The molecule has 5 unspecified atom stereocenters. The second-order valence-electron chi connectivity index (χ2n) is 6.90. The molecule has 1 saturated heterocycles. The molecule has 3 fully saturated rings. The van der Waals surface area contributed by atoms with Crippen molar-refractivity contribution >= 4 is 17.3 Å². The second-order valence-corrected chi connectivity index (χ2v) is 7.31. The molecule has 0 aromatic rings. The van der Waals surface area contributed by atoms with E-state index in [9.17, 15) is 0 Å². The Kier molecular flexibility index (Phi) is 3.99. The van der Waals surface area contributed by atoms with E-state index in [0.29, 0.717) is 18.1 Å². The van der Waals surface area contributed by atoms with E-state index in [1.54, 1.807) is 0 Å². The normalized spacial score (nSPS) is 42.3. The quantitative estimate of drug-likeness (QED) is 0.761. The van der Waals surface area contributed by atoms with Gasteiger partial charge in [-0.1, -0.05) is 12.8 Å². The Morgan fingerprint density at radius 3 is 2.37 bits per heavy atom. The van der Waals surface area contributed by atoms with Crippen LogP contribution in [0.1, 0.15) is 58.8 Å². The van der Waals surface area contributed by atoms with Crippen LogP contribution in [0.3, 0.4) is 0 Å². The fourth-order valence-electron chi connectivity index (χ4n) is 4.38. The first kappa shape index (κ1) is 13.6. The molecule has 5 atom stereocenters. The number of thiocarbonyl (C=S) groups is 1. The molecule has 19 heavy (non-hydrogen) atoms. The summed E-state index contributed by atoms with van der Waals surface area (Å²) in [6, 6.07) is 1.81. The number of hydrogen-bond acceptors (Lipinski definition) is 2. The molecule has 1 heterocycles. The highest BCUT2D eigenvalue weighted by molar-refractivity contribution is 7.80. The van der Waals surface area contributed by atoms with Crippen LogP contribution in [0.5, 0.6) is 0 Å². The van der Waals surface area contributed by atoms with E-state index >= 15 is 0 Å². The lowest BCUT2D eigenvalue weighted by atomic mass is 9.95. The SMILES string of the molecule is CC1CCCC(C)N1NC(=S)NC1CC2CCC1C2. The molecular formula is C15H27N3S. The van der Waals surface area contributed by atoms with E-state index in [2.05, 4.69) is 29.6 Å². The number of rotatable bonds is 2. The summed E-state index contributed by atoms with van der Waals surface area (Å²) in [4.78, 5) is 0. The van der Waals surface area contributed by atoms with Crippen LogP contribution >= 0.6 is 12.2 Å². The van der Waals surface area contributed by atoms with E-state index in [1.165, 1.54) is 44.9 Å². The molecule has 0 radical (unpaired) electrons. The van der Waals surface area contributed by atoms with E-state index in [1.807, 2.05) is 0 Å². The summed E-state index contributed by atoms with van der Waals surface area (Å²) in [5.74, 6) is 1.85. The smallest absolute Gasteiger partial charge is 0.181 e. The maximum Gasteiger partial charge on any atom is 0.181 e. The summed E-state index contributed by atoms with van der Waals surface area (Å²) < 4.78 is 0. The molecular weight excluding hydrogens is 254 g/mol. The first-order valence-electron chi connectivity index (χ1n) is 7.99.